The summed E-state index contributed by atoms with van der Waals surface area (Å²) in [5.41, 5.74) is 1.05. The van der Waals surface area contributed by atoms with E-state index < -0.39 is 5.76 Å². The Kier molecular flexibility index (Phi) is 5.06. The number of hydrogen-bond donors (Lipinski definition) is 2. The molecule has 0 aliphatic carbocycles. The first-order chi connectivity index (χ1) is 14.1. The summed E-state index contributed by atoms with van der Waals surface area (Å²) in [5.74, 6) is 1.33. The van der Waals surface area contributed by atoms with E-state index in [0.29, 0.717) is 35.8 Å². The van der Waals surface area contributed by atoms with Crippen molar-refractivity contribution in [2.45, 2.75) is 13.5 Å². The molecule has 4 aromatic rings. The van der Waals surface area contributed by atoms with E-state index in [2.05, 4.69) is 25.6 Å². The maximum absolute atomic E-state index is 12.2. The van der Waals surface area contributed by atoms with Crippen LogP contribution in [0.4, 0.5) is 5.82 Å². The number of fused-ring (bicyclic) bond motifs is 1. The molecule has 0 aliphatic heterocycles. The van der Waals surface area contributed by atoms with Gasteiger partial charge in [0.2, 0.25) is 5.91 Å². The quantitative estimate of drug-likeness (QED) is 0.451. The SMILES string of the molecule is Cc1nccn1-c1cc(NCCNC(=O)Cn2c(=O)oc3ccccc32)ncn1. The molecule has 0 saturated carbocycles. The number of para-hydroxylation sites is 2. The van der Waals surface area contributed by atoms with E-state index in [4.69, 9.17) is 4.42 Å². The van der Waals surface area contributed by atoms with Crippen molar-refractivity contribution in [3.63, 3.8) is 0 Å². The number of carbonyl (C=O) groups excluding carboxylic acids is 1. The van der Waals surface area contributed by atoms with Crippen molar-refractivity contribution in [3.05, 3.63) is 65.4 Å². The molecule has 0 spiro atoms. The Bertz CT molecular complexity index is 1210. The van der Waals surface area contributed by atoms with Crippen LogP contribution in [0.5, 0.6) is 0 Å². The number of anilines is 1. The molecule has 0 saturated heterocycles. The van der Waals surface area contributed by atoms with E-state index in [1.54, 1.807) is 36.5 Å². The zero-order valence-corrected chi connectivity index (χ0v) is 15.7. The van der Waals surface area contributed by atoms with Crippen molar-refractivity contribution in [1.82, 2.24) is 29.4 Å². The number of rotatable bonds is 7. The molecule has 0 fully saturated rings. The van der Waals surface area contributed by atoms with Crippen LogP contribution >= 0.6 is 0 Å². The van der Waals surface area contributed by atoms with Gasteiger partial charge in [0.05, 0.1) is 5.52 Å². The number of hydrogen-bond acceptors (Lipinski definition) is 7. The summed E-state index contributed by atoms with van der Waals surface area (Å²) in [5, 5.41) is 5.91. The van der Waals surface area contributed by atoms with Crippen molar-refractivity contribution in [2.75, 3.05) is 18.4 Å². The van der Waals surface area contributed by atoms with Crippen molar-refractivity contribution in [2.24, 2.45) is 0 Å². The van der Waals surface area contributed by atoms with Crippen molar-refractivity contribution < 1.29 is 9.21 Å². The lowest BCUT2D eigenvalue weighted by atomic mass is 10.3. The van der Waals surface area contributed by atoms with Crippen LogP contribution in [0.3, 0.4) is 0 Å². The number of carbonyl (C=O) groups is 1. The Hall–Kier alpha value is -3.95. The third-order valence-electron chi connectivity index (χ3n) is 4.35. The number of nitrogens with zero attached hydrogens (tertiary/aromatic N) is 5. The molecule has 0 radical (unpaired) electrons. The van der Waals surface area contributed by atoms with Crippen LogP contribution in [-0.4, -0.2) is 43.1 Å². The zero-order chi connectivity index (χ0) is 20.2. The first-order valence-corrected chi connectivity index (χ1v) is 9.03. The maximum Gasteiger partial charge on any atom is 0.420 e. The van der Waals surface area contributed by atoms with Crippen LogP contribution in [0.1, 0.15) is 5.82 Å². The monoisotopic (exact) mass is 393 g/mol. The molecule has 148 valence electrons. The lowest BCUT2D eigenvalue weighted by Gasteiger charge is -2.09. The molecule has 0 atom stereocenters. The summed E-state index contributed by atoms with van der Waals surface area (Å²) in [4.78, 5) is 36.7. The van der Waals surface area contributed by atoms with Gasteiger partial charge in [-0.15, -0.1) is 0 Å². The number of benzene rings is 1. The molecular formula is C19H19N7O3. The number of oxazole rings is 1. The minimum absolute atomic E-state index is 0.104. The lowest BCUT2D eigenvalue weighted by Crippen LogP contribution is -2.33. The smallest absolute Gasteiger partial charge is 0.408 e. The number of amides is 1. The molecule has 10 heteroatoms. The van der Waals surface area contributed by atoms with Crippen LogP contribution in [0.25, 0.3) is 16.9 Å². The second kappa shape index (κ2) is 7.97. The van der Waals surface area contributed by atoms with E-state index in [9.17, 15) is 9.59 Å². The fourth-order valence-electron chi connectivity index (χ4n) is 2.95. The summed E-state index contributed by atoms with van der Waals surface area (Å²) in [6, 6.07) is 8.79. The minimum atomic E-state index is -0.553. The third kappa shape index (κ3) is 4.00. The topological polar surface area (TPSA) is 120 Å². The highest BCUT2D eigenvalue weighted by Gasteiger charge is 2.12. The fraction of sp³-hybridized carbons (Fsp3) is 0.211. The summed E-state index contributed by atoms with van der Waals surface area (Å²) >= 11 is 0. The van der Waals surface area contributed by atoms with Crippen molar-refractivity contribution in [1.29, 1.82) is 0 Å². The molecule has 4 rings (SSSR count). The van der Waals surface area contributed by atoms with Crippen LogP contribution in [0.15, 0.2) is 58.3 Å². The molecule has 3 heterocycles. The molecule has 3 aromatic heterocycles. The highest BCUT2D eigenvalue weighted by atomic mass is 16.4. The van der Waals surface area contributed by atoms with Gasteiger partial charge < -0.3 is 15.1 Å². The molecule has 0 bridgehead atoms. The van der Waals surface area contributed by atoms with Crippen LogP contribution in [0.2, 0.25) is 0 Å². The standard InChI is InChI=1S/C19H19N7O3/c1-13-20-8-9-25(13)17-10-16(23-12-24-17)21-6-7-22-18(27)11-26-14-4-2-3-5-15(14)29-19(26)28/h2-5,8-10,12H,6-7,11H2,1H3,(H,22,27)(H,21,23,24). The van der Waals surface area contributed by atoms with Gasteiger partial charge >= 0.3 is 5.76 Å². The maximum atomic E-state index is 12.2. The Morgan fingerprint density at radius 3 is 2.86 bits per heavy atom. The molecule has 0 unspecified atom stereocenters. The summed E-state index contributed by atoms with van der Waals surface area (Å²) in [7, 11) is 0. The molecular weight excluding hydrogens is 374 g/mol. The summed E-state index contributed by atoms with van der Waals surface area (Å²) in [6.45, 7) is 2.62. The highest BCUT2D eigenvalue weighted by molar-refractivity contribution is 5.79. The highest BCUT2D eigenvalue weighted by Crippen LogP contribution is 2.12. The van der Waals surface area contributed by atoms with Crippen LogP contribution in [-0.2, 0) is 11.3 Å². The average Bonchev–Trinajstić information content (AvgIpc) is 3.29. The molecule has 0 aliphatic rings. The van der Waals surface area contributed by atoms with Gasteiger partial charge in [-0.05, 0) is 19.1 Å². The van der Waals surface area contributed by atoms with Crippen LogP contribution < -0.4 is 16.4 Å². The number of nitrogens with one attached hydrogen (secondary N) is 2. The molecule has 29 heavy (non-hydrogen) atoms. The second-order valence-electron chi connectivity index (χ2n) is 6.30. The molecule has 2 N–H and O–H groups in total. The van der Waals surface area contributed by atoms with Gasteiger partial charge in [-0.1, -0.05) is 12.1 Å². The molecule has 1 amide bonds. The van der Waals surface area contributed by atoms with E-state index >= 15 is 0 Å². The van der Waals surface area contributed by atoms with E-state index in [1.165, 1.54) is 10.9 Å². The Morgan fingerprint density at radius 1 is 1.17 bits per heavy atom. The summed E-state index contributed by atoms with van der Waals surface area (Å²) in [6.07, 6.45) is 4.99. The third-order valence-corrected chi connectivity index (χ3v) is 4.35. The summed E-state index contributed by atoms with van der Waals surface area (Å²) < 4.78 is 8.28. The Labute approximate surface area is 165 Å². The minimum Gasteiger partial charge on any atom is -0.408 e. The number of aryl methyl sites for hydroxylation is 1. The first-order valence-electron chi connectivity index (χ1n) is 9.03. The normalized spacial score (nSPS) is 10.9. The predicted octanol–water partition coefficient (Wildman–Crippen LogP) is 1.11. The number of imidazole rings is 1. The van der Waals surface area contributed by atoms with Gasteiger partial charge in [-0.25, -0.2) is 19.7 Å². The van der Waals surface area contributed by atoms with E-state index in [1.807, 2.05) is 17.7 Å². The molecule has 10 nitrogen and oxygen atoms in total. The number of aromatic nitrogens is 5. The molecule has 1 aromatic carbocycles. The Morgan fingerprint density at radius 2 is 2.03 bits per heavy atom. The largest absolute Gasteiger partial charge is 0.420 e. The van der Waals surface area contributed by atoms with Gasteiger partial charge in [-0.3, -0.25) is 13.9 Å². The van der Waals surface area contributed by atoms with Gasteiger partial charge in [0.25, 0.3) is 0 Å². The lowest BCUT2D eigenvalue weighted by molar-refractivity contribution is -0.121. The van der Waals surface area contributed by atoms with Gasteiger partial charge in [0.1, 0.15) is 30.3 Å². The Balaban J connectivity index is 1.31. The van der Waals surface area contributed by atoms with Gasteiger partial charge in [0.15, 0.2) is 5.58 Å². The second-order valence-corrected chi connectivity index (χ2v) is 6.30. The predicted molar refractivity (Wildman–Crippen MR) is 106 cm³/mol. The van der Waals surface area contributed by atoms with Gasteiger partial charge in [0, 0.05) is 31.5 Å². The van der Waals surface area contributed by atoms with Crippen molar-refractivity contribution >= 4 is 22.8 Å². The van der Waals surface area contributed by atoms with Crippen molar-refractivity contribution in [3.8, 4) is 5.82 Å². The van der Waals surface area contributed by atoms with E-state index in [0.717, 1.165) is 5.82 Å². The van der Waals surface area contributed by atoms with Crippen LogP contribution in [0, 0.1) is 6.92 Å². The average molecular weight is 393 g/mol. The zero-order valence-electron chi connectivity index (χ0n) is 15.7. The van der Waals surface area contributed by atoms with E-state index in [-0.39, 0.29) is 12.5 Å². The van der Waals surface area contributed by atoms with Gasteiger partial charge in [-0.2, -0.15) is 0 Å². The first kappa shape index (κ1) is 18.4. The fourth-order valence-corrected chi connectivity index (χ4v) is 2.95.